The highest BCUT2D eigenvalue weighted by Crippen LogP contribution is 2.33. The molecule has 2 rings (SSSR count). The number of halogens is 2. The lowest BCUT2D eigenvalue weighted by atomic mass is 9.80. The first-order valence-electron chi connectivity index (χ1n) is 6.45. The van der Waals surface area contributed by atoms with E-state index in [-0.39, 0.29) is 11.7 Å². The Balaban J connectivity index is 1.77. The lowest BCUT2D eigenvalue weighted by Gasteiger charge is -2.34. The van der Waals surface area contributed by atoms with Gasteiger partial charge in [-0.3, -0.25) is 4.79 Å². The monoisotopic (exact) mass is 329 g/mol. The Bertz CT molecular complexity index is 461. The topological polar surface area (TPSA) is 38.3 Å². The van der Waals surface area contributed by atoms with Crippen molar-refractivity contribution in [3.63, 3.8) is 0 Å². The van der Waals surface area contributed by atoms with E-state index in [0.717, 1.165) is 19.4 Å². The molecule has 1 aromatic carbocycles. The van der Waals surface area contributed by atoms with Gasteiger partial charge in [0.1, 0.15) is 5.82 Å². The van der Waals surface area contributed by atoms with Gasteiger partial charge >= 0.3 is 0 Å². The van der Waals surface area contributed by atoms with Crippen LogP contribution in [0.1, 0.15) is 26.2 Å². The molecule has 0 spiro atoms. The van der Waals surface area contributed by atoms with Crippen molar-refractivity contribution >= 4 is 27.5 Å². The Labute approximate surface area is 120 Å². The van der Waals surface area contributed by atoms with Gasteiger partial charge in [-0.25, -0.2) is 4.39 Å². The maximum Gasteiger partial charge on any atom is 0.224 e. The number of anilines is 1. The van der Waals surface area contributed by atoms with Gasteiger partial charge in [0.2, 0.25) is 5.91 Å². The van der Waals surface area contributed by atoms with Crippen LogP contribution in [-0.2, 0) is 9.53 Å². The minimum Gasteiger partial charge on any atom is -0.378 e. The number of ether oxygens (including phenoxy) is 1. The predicted molar refractivity (Wildman–Crippen MR) is 75.5 cm³/mol. The van der Waals surface area contributed by atoms with E-state index in [1.54, 1.807) is 12.1 Å². The van der Waals surface area contributed by atoms with Crippen LogP contribution in [0.3, 0.4) is 0 Å². The molecule has 5 heteroatoms. The van der Waals surface area contributed by atoms with Gasteiger partial charge < -0.3 is 10.1 Å². The molecule has 1 saturated carbocycles. The quantitative estimate of drug-likeness (QED) is 0.893. The fourth-order valence-electron chi connectivity index (χ4n) is 2.26. The van der Waals surface area contributed by atoms with Crippen LogP contribution in [0.4, 0.5) is 10.1 Å². The smallest absolute Gasteiger partial charge is 0.224 e. The van der Waals surface area contributed by atoms with Crippen molar-refractivity contribution in [2.75, 3.05) is 11.9 Å². The molecule has 0 aliphatic heterocycles. The Morgan fingerprint density at radius 2 is 2.26 bits per heavy atom. The van der Waals surface area contributed by atoms with Crippen LogP contribution in [0.15, 0.2) is 22.7 Å². The molecule has 1 N–H and O–H groups in total. The largest absolute Gasteiger partial charge is 0.378 e. The SMILES string of the molecule is CCOC1CC(CC(=O)Nc2ccc(F)c(Br)c2)C1. The maximum absolute atomic E-state index is 13.1. The molecule has 1 amide bonds. The van der Waals surface area contributed by atoms with Crippen LogP contribution < -0.4 is 5.32 Å². The summed E-state index contributed by atoms with van der Waals surface area (Å²) in [5, 5.41) is 2.78. The average molecular weight is 330 g/mol. The van der Waals surface area contributed by atoms with Gasteiger partial charge in [0.25, 0.3) is 0 Å². The van der Waals surface area contributed by atoms with Crippen LogP contribution in [0.2, 0.25) is 0 Å². The molecule has 0 aromatic heterocycles. The van der Waals surface area contributed by atoms with Gasteiger partial charge in [0, 0.05) is 18.7 Å². The molecule has 0 atom stereocenters. The molecule has 1 aliphatic rings. The second-order valence-corrected chi connectivity index (χ2v) is 5.65. The summed E-state index contributed by atoms with van der Waals surface area (Å²) >= 11 is 3.09. The Kier molecular flexibility index (Phi) is 4.93. The van der Waals surface area contributed by atoms with Crippen molar-refractivity contribution in [1.29, 1.82) is 0 Å². The van der Waals surface area contributed by atoms with E-state index in [2.05, 4.69) is 21.2 Å². The van der Waals surface area contributed by atoms with Crippen molar-refractivity contribution in [2.24, 2.45) is 5.92 Å². The molecule has 1 aliphatic carbocycles. The molecule has 3 nitrogen and oxygen atoms in total. The number of rotatable bonds is 5. The second kappa shape index (κ2) is 6.48. The molecule has 104 valence electrons. The molecule has 0 heterocycles. The Morgan fingerprint density at radius 1 is 1.53 bits per heavy atom. The molecule has 1 fully saturated rings. The summed E-state index contributed by atoms with van der Waals surface area (Å²) in [4.78, 5) is 11.8. The van der Waals surface area contributed by atoms with Gasteiger partial charge in [0.15, 0.2) is 0 Å². The molecule has 0 radical (unpaired) electrons. The van der Waals surface area contributed by atoms with Gasteiger partial charge in [-0.2, -0.15) is 0 Å². The third-order valence-corrected chi connectivity index (χ3v) is 3.88. The summed E-state index contributed by atoms with van der Waals surface area (Å²) in [6.45, 7) is 2.71. The van der Waals surface area contributed by atoms with E-state index in [4.69, 9.17) is 4.74 Å². The lowest BCUT2D eigenvalue weighted by molar-refractivity contribution is -0.119. The lowest BCUT2D eigenvalue weighted by Crippen LogP contribution is -2.33. The average Bonchev–Trinajstić information content (AvgIpc) is 2.31. The van der Waals surface area contributed by atoms with E-state index in [1.807, 2.05) is 6.92 Å². The van der Waals surface area contributed by atoms with E-state index in [0.29, 0.717) is 28.6 Å². The summed E-state index contributed by atoms with van der Waals surface area (Å²) in [6, 6.07) is 4.45. The number of hydrogen-bond acceptors (Lipinski definition) is 2. The summed E-state index contributed by atoms with van der Waals surface area (Å²) in [5.74, 6) is 0.0374. The van der Waals surface area contributed by atoms with Crippen molar-refractivity contribution in [2.45, 2.75) is 32.3 Å². The third kappa shape index (κ3) is 4.01. The van der Waals surface area contributed by atoms with Gasteiger partial charge in [-0.1, -0.05) is 0 Å². The minimum absolute atomic E-state index is 0.0292. The first-order valence-corrected chi connectivity index (χ1v) is 7.24. The van der Waals surface area contributed by atoms with Gasteiger partial charge in [-0.05, 0) is 59.8 Å². The summed E-state index contributed by atoms with van der Waals surface area (Å²) in [7, 11) is 0. The fraction of sp³-hybridized carbons (Fsp3) is 0.500. The first kappa shape index (κ1) is 14.5. The zero-order chi connectivity index (χ0) is 13.8. The Morgan fingerprint density at radius 3 is 2.89 bits per heavy atom. The molecule has 1 aromatic rings. The van der Waals surface area contributed by atoms with Crippen LogP contribution in [0, 0.1) is 11.7 Å². The summed E-state index contributed by atoms with van der Waals surface area (Å²) in [5.41, 5.74) is 0.610. The van der Waals surface area contributed by atoms with Crippen molar-refractivity contribution < 1.29 is 13.9 Å². The maximum atomic E-state index is 13.1. The fourth-order valence-corrected chi connectivity index (χ4v) is 2.64. The molecular formula is C14H17BrFNO2. The minimum atomic E-state index is -0.337. The Hall–Kier alpha value is -0.940. The number of carbonyl (C=O) groups excluding carboxylic acids is 1. The van der Waals surface area contributed by atoms with E-state index < -0.39 is 0 Å². The summed E-state index contributed by atoms with van der Waals surface area (Å²) < 4.78 is 18.9. The van der Waals surface area contributed by atoms with Gasteiger partial charge in [-0.15, -0.1) is 0 Å². The highest BCUT2D eigenvalue weighted by atomic mass is 79.9. The molecule has 0 saturated heterocycles. The second-order valence-electron chi connectivity index (χ2n) is 4.80. The summed E-state index contributed by atoms with van der Waals surface area (Å²) in [6.07, 6.45) is 2.73. The van der Waals surface area contributed by atoms with E-state index in [9.17, 15) is 9.18 Å². The standard InChI is InChI=1S/C14H17BrFNO2/c1-2-19-11-5-9(6-11)7-14(18)17-10-3-4-13(16)12(15)8-10/h3-4,8-9,11H,2,5-7H2,1H3,(H,17,18). The molecular weight excluding hydrogens is 313 g/mol. The molecule has 0 unspecified atom stereocenters. The zero-order valence-corrected chi connectivity index (χ0v) is 12.4. The highest BCUT2D eigenvalue weighted by molar-refractivity contribution is 9.10. The van der Waals surface area contributed by atoms with E-state index >= 15 is 0 Å². The first-order chi connectivity index (χ1) is 9.08. The molecule has 19 heavy (non-hydrogen) atoms. The number of amides is 1. The van der Waals surface area contributed by atoms with Crippen LogP contribution in [0.25, 0.3) is 0 Å². The van der Waals surface area contributed by atoms with Crippen LogP contribution >= 0.6 is 15.9 Å². The van der Waals surface area contributed by atoms with Crippen LogP contribution in [0.5, 0.6) is 0 Å². The number of nitrogens with one attached hydrogen (secondary N) is 1. The van der Waals surface area contributed by atoms with E-state index in [1.165, 1.54) is 6.07 Å². The van der Waals surface area contributed by atoms with Gasteiger partial charge in [0.05, 0.1) is 10.6 Å². The highest BCUT2D eigenvalue weighted by Gasteiger charge is 2.30. The normalized spacial score (nSPS) is 21.8. The number of hydrogen-bond donors (Lipinski definition) is 1. The van der Waals surface area contributed by atoms with Crippen molar-refractivity contribution in [1.82, 2.24) is 0 Å². The number of benzene rings is 1. The van der Waals surface area contributed by atoms with Crippen molar-refractivity contribution in [3.05, 3.63) is 28.5 Å². The third-order valence-electron chi connectivity index (χ3n) is 3.27. The van der Waals surface area contributed by atoms with Crippen molar-refractivity contribution in [3.8, 4) is 0 Å². The number of carbonyl (C=O) groups is 1. The van der Waals surface area contributed by atoms with Crippen LogP contribution in [-0.4, -0.2) is 18.6 Å². The predicted octanol–water partition coefficient (Wildman–Crippen LogP) is 3.73. The molecule has 0 bridgehead atoms. The zero-order valence-electron chi connectivity index (χ0n) is 10.8.